The Labute approximate surface area is 204 Å². The number of aliphatic carboxylic acids is 2. The molecule has 0 saturated carbocycles. The molecule has 2 heterocycles. The van der Waals surface area contributed by atoms with Crippen molar-refractivity contribution >= 4 is 11.9 Å². The smallest absolute Gasteiger partial charge is 0.338 e. The van der Waals surface area contributed by atoms with Gasteiger partial charge in [-0.15, -0.1) is 0 Å². The van der Waals surface area contributed by atoms with Gasteiger partial charge >= 0.3 is 11.9 Å². The molecular formula is C22H42O13. The van der Waals surface area contributed by atoms with Crippen LogP contribution in [-0.4, -0.2) is 110 Å². The molecule has 13 heteroatoms. The Hall–Kier alpha value is -1.42. The molecule has 2 saturated heterocycles. The molecule has 0 aromatic heterocycles. The summed E-state index contributed by atoms with van der Waals surface area (Å²) in [4.78, 5) is 24.2. The van der Waals surface area contributed by atoms with E-state index in [2.05, 4.69) is 0 Å². The summed E-state index contributed by atoms with van der Waals surface area (Å²) in [5, 5.41) is 85.3. The van der Waals surface area contributed by atoms with Crippen LogP contribution in [0.15, 0.2) is 0 Å². The molecule has 10 atom stereocenters. The zero-order valence-electron chi connectivity index (χ0n) is 19.8. The molecule has 10 unspecified atom stereocenters. The molecule has 2 aliphatic rings. The van der Waals surface area contributed by atoms with Gasteiger partial charge in [0.15, 0.2) is 23.3 Å². The molecule has 2 fully saturated rings. The molecule has 2 aliphatic heterocycles. The Morgan fingerprint density at radius 3 is 1.49 bits per heavy atom. The number of rotatable bonds is 4. The number of hydrogen-bond acceptors (Lipinski definition) is 11. The van der Waals surface area contributed by atoms with Crippen molar-refractivity contribution < 1.29 is 64.7 Å². The van der Waals surface area contributed by atoms with Crippen LogP contribution in [0.5, 0.6) is 0 Å². The second kappa shape index (κ2) is 8.57. The average Bonchev–Trinajstić information content (AvgIpc) is 2.60. The van der Waals surface area contributed by atoms with Crippen LogP contribution in [-0.2, 0) is 23.8 Å². The second-order valence-corrected chi connectivity index (χ2v) is 10.3. The third-order valence-electron chi connectivity index (χ3n) is 8.07. The lowest BCUT2D eigenvalue weighted by Gasteiger charge is -2.63. The van der Waals surface area contributed by atoms with Gasteiger partial charge in [-0.05, 0) is 55.4 Å². The van der Waals surface area contributed by atoms with Gasteiger partial charge in [0.05, 0.1) is 0 Å². The fourth-order valence-corrected chi connectivity index (χ4v) is 4.42. The van der Waals surface area contributed by atoms with E-state index in [4.69, 9.17) is 14.2 Å². The minimum absolute atomic E-state index is 0. The van der Waals surface area contributed by atoms with Crippen molar-refractivity contribution in [2.45, 2.75) is 128 Å². The number of aliphatic hydroxyl groups is 6. The number of carboxylic acid groups (broad SMARTS) is 2. The Morgan fingerprint density at radius 2 is 1.11 bits per heavy atom. The molecule has 13 nitrogen and oxygen atoms in total. The number of ether oxygens (including phenoxy) is 3. The van der Waals surface area contributed by atoms with E-state index in [1.807, 2.05) is 0 Å². The summed E-state index contributed by atoms with van der Waals surface area (Å²) < 4.78 is 16.3. The van der Waals surface area contributed by atoms with Crippen LogP contribution in [0.1, 0.15) is 70.2 Å². The van der Waals surface area contributed by atoms with Crippen LogP contribution in [0.3, 0.4) is 0 Å². The van der Waals surface area contributed by atoms with E-state index in [9.17, 15) is 50.4 Å². The van der Waals surface area contributed by atoms with Crippen LogP contribution in [0.25, 0.3) is 0 Å². The third kappa shape index (κ3) is 3.88. The topological polar surface area (TPSA) is 224 Å². The fraction of sp³-hybridized carbons (Fsp3) is 0.909. The molecule has 0 aromatic carbocycles. The fourth-order valence-electron chi connectivity index (χ4n) is 4.42. The van der Waals surface area contributed by atoms with E-state index in [0.29, 0.717) is 0 Å². The van der Waals surface area contributed by atoms with E-state index >= 15 is 0 Å². The summed E-state index contributed by atoms with van der Waals surface area (Å²) in [6.07, 6.45) is -4.31. The zero-order chi connectivity index (χ0) is 26.4. The minimum Gasteiger partial charge on any atom is -0.479 e. The third-order valence-corrected chi connectivity index (χ3v) is 8.07. The largest absolute Gasteiger partial charge is 0.479 e. The summed E-state index contributed by atoms with van der Waals surface area (Å²) in [7, 11) is 0. The molecule has 8 N–H and O–H groups in total. The lowest BCUT2D eigenvalue weighted by Crippen LogP contribution is -2.85. The van der Waals surface area contributed by atoms with Gasteiger partial charge in [-0.1, -0.05) is 14.9 Å². The molecular weight excluding hydrogens is 472 g/mol. The van der Waals surface area contributed by atoms with Gasteiger partial charge in [0, 0.05) is 0 Å². The summed E-state index contributed by atoms with van der Waals surface area (Å²) >= 11 is 0. The molecule has 35 heavy (non-hydrogen) atoms. The SMILES string of the molecule is C.C.CC1(C(=O)O)OC(C)(O)C(C)(O)C(C)(O)C1OC1OC(C)(C(=O)O)C(C)(O)C(C)(O)C1(C)O. The standard InChI is InChI=1S/C20H34O13.2CH4/c1-13(10(21)22)9(14(2,25)18(6,28)20(8,30)33-13)31-12-15(3,26)17(5,27)19(7,29)16(4,32-12)11(23)24;;/h9,12,25-30H,1-8H3,(H,21,22)(H,23,24);2*1H4. The van der Waals surface area contributed by atoms with Crippen molar-refractivity contribution in [2.24, 2.45) is 0 Å². The van der Waals surface area contributed by atoms with Gasteiger partial charge in [0.25, 0.3) is 0 Å². The predicted molar refractivity (Wildman–Crippen MR) is 120 cm³/mol. The Bertz CT molecular complexity index is 844. The zero-order valence-corrected chi connectivity index (χ0v) is 19.8. The Balaban J connectivity index is 0.00000578. The summed E-state index contributed by atoms with van der Waals surface area (Å²) in [6.45, 7) is 7.44. The highest BCUT2D eigenvalue weighted by atomic mass is 16.7. The van der Waals surface area contributed by atoms with Crippen LogP contribution in [0, 0.1) is 0 Å². The first-order valence-electron chi connectivity index (χ1n) is 10.1. The maximum atomic E-state index is 12.1. The molecule has 2 rings (SSSR count). The molecule has 0 amide bonds. The maximum Gasteiger partial charge on any atom is 0.338 e. The highest BCUT2D eigenvalue weighted by molar-refractivity contribution is 5.80. The predicted octanol–water partition coefficient (Wildman–Crippen LogP) is -0.820. The van der Waals surface area contributed by atoms with Crippen molar-refractivity contribution in [1.29, 1.82) is 0 Å². The first kappa shape index (κ1) is 33.6. The van der Waals surface area contributed by atoms with Crippen molar-refractivity contribution in [1.82, 2.24) is 0 Å². The van der Waals surface area contributed by atoms with Crippen molar-refractivity contribution in [3.8, 4) is 0 Å². The van der Waals surface area contributed by atoms with Crippen LogP contribution in [0.4, 0.5) is 0 Å². The number of carbonyl (C=O) groups is 2. The van der Waals surface area contributed by atoms with Crippen molar-refractivity contribution in [3.05, 3.63) is 0 Å². The second-order valence-electron chi connectivity index (χ2n) is 10.3. The maximum absolute atomic E-state index is 12.1. The van der Waals surface area contributed by atoms with E-state index < -0.39 is 69.3 Å². The quantitative estimate of drug-likeness (QED) is 0.230. The monoisotopic (exact) mass is 514 g/mol. The van der Waals surface area contributed by atoms with Crippen molar-refractivity contribution in [3.63, 3.8) is 0 Å². The van der Waals surface area contributed by atoms with Crippen LogP contribution < -0.4 is 0 Å². The Morgan fingerprint density at radius 1 is 0.686 bits per heavy atom. The van der Waals surface area contributed by atoms with Gasteiger partial charge in [-0.25, -0.2) is 9.59 Å². The first-order valence-corrected chi connectivity index (χ1v) is 10.1. The lowest BCUT2D eigenvalue weighted by molar-refractivity contribution is -0.458. The molecule has 0 aromatic rings. The summed E-state index contributed by atoms with van der Waals surface area (Å²) in [5.74, 6) is -6.11. The summed E-state index contributed by atoms with van der Waals surface area (Å²) in [5.41, 5.74) is -18.2. The van der Waals surface area contributed by atoms with Crippen LogP contribution in [0.2, 0.25) is 0 Å². The average molecular weight is 515 g/mol. The highest BCUT2D eigenvalue weighted by Crippen LogP contribution is 2.53. The van der Waals surface area contributed by atoms with Crippen LogP contribution >= 0.6 is 0 Å². The van der Waals surface area contributed by atoms with Gasteiger partial charge in [-0.2, -0.15) is 0 Å². The van der Waals surface area contributed by atoms with Gasteiger partial charge in [0.2, 0.25) is 0 Å². The Kier molecular flexibility index (Phi) is 8.22. The minimum atomic E-state index is -2.63. The molecule has 0 aliphatic carbocycles. The molecule has 0 radical (unpaired) electrons. The first-order chi connectivity index (χ1) is 14.3. The molecule has 0 bridgehead atoms. The van der Waals surface area contributed by atoms with E-state index in [0.717, 1.165) is 55.4 Å². The highest BCUT2D eigenvalue weighted by Gasteiger charge is 2.76. The molecule has 208 valence electrons. The van der Waals surface area contributed by atoms with E-state index in [-0.39, 0.29) is 14.9 Å². The van der Waals surface area contributed by atoms with Gasteiger partial charge in [0.1, 0.15) is 34.1 Å². The number of hydrogen-bond donors (Lipinski definition) is 8. The normalized spacial score (nSPS) is 54.2. The lowest BCUT2D eigenvalue weighted by atomic mass is 9.63. The van der Waals surface area contributed by atoms with Gasteiger partial charge < -0.3 is 55.1 Å². The summed E-state index contributed by atoms with van der Waals surface area (Å²) in [6, 6.07) is 0. The van der Waals surface area contributed by atoms with Crippen molar-refractivity contribution in [2.75, 3.05) is 0 Å². The molecule has 0 spiro atoms. The van der Waals surface area contributed by atoms with Gasteiger partial charge in [-0.3, -0.25) is 0 Å². The van der Waals surface area contributed by atoms with E-state index in [1.54, 1.807) is 0 Å². The number of carboxylic acids is 2. The van der Waals surface area contributed by atoms with E-state index in [1.165, 1.54) is 0 Å².